The van der Waals surface area contributed by atoms with Crippen LogP contribution in [0.4, 0.5) is 5.69 Å². The second kappa shape index (κ2) is 6.43. The molecule has 0 bridgehead atoms. The Kier molecular flexibility index (Phi) is 4.19. The molecule has 1 aromatic heterocycles. The molecule has 5 heteroatoms. The van der Waals surface area contributed by atoms with Gasteiger partial charge in [-0.15, -0.1) is 0 Å². The molecule has 0 spiro atoms. The molecule has 1 amide bonds. The third-order valence-electron chi connectivity index (χ3n) is 3.87. The van der Waals surface area contributed by atoms with Gasteiger partial charge in [-0.05, 0) is 18.2 Å². The number of carbonyl (C=O) groups excluding carboxylic acids is 1. The van der Waals surface area contributed by atoms with Gasteiger partial charge in [0.25, 0.3) is 0 Å². The highest BCUT2D eigenvalue weighted by atomic mass is 16.2. The minimum absolute atomic E-state index is 0.221. The maximum atomic E-state index is 12.2. The molecule has 0 saturated carbocycles. The van der Waals surface area contributed by atoms with E-state index in [4.69, 9.17) is 0 Å². The number of piperazine rings is 1. The van der Waals surface area contributed by atoms with E-state index in [1.54, 1.807) is 10.9 Å². The summed E-state index contributed by atoms with van der Waals surface area (Å²) in [7, 11) is 0. The Balaban J connectivity index is 1.48. The number of aryl methyl sites for hydroxylation is 1. The average Bonchev–Trinajstić information content (AvgIpc) is 3.07. The Labute approximate surface area is 124 Å². The van der Waals surface area contributed by atoms with Gasteiger partial charge in [-0.25, -0.2) is 0 Å². The summed E-state index contributed by atoms with van der Waals surface area (Å²) in [5.74, 6) is 0.221. The molecule has 0 N–H and O–H groups in total. The van der Waals surface area contributed by atoms with Crippen LogP contribution in [0.15, 0.2) is 48.8 Å². The number of para-hydroxylation sites is 1. The number of benzene rings is 1. The van der Waals surface area contributed by atoms with Crippen LogP contribution in [0.25, 0.3) is 0 Å². The summed E-state index contributed by atoms with van der Waals surface area (Å²) >= 11 is 0. The fourth-order valence-electron chi connectivity index (χ4n) is 2.65. The smallest absolute Gasteiger partial charge is 0.224 e. The molecule has 5 nitrogen and oxygen atoms in total. The number of nitrogens with zero attached hydrogens (tertiary/aromatic N) is 4. The van der Waals surface area contributed by atoms with Crippen molar-refractivity contribution in [3.05, 3.63) is 48.8 Å². The molecule has 0 unspecified atom stereocenters. The van der Waals surface area contributed by atoms with Crippen LogP contribution < -0.4 is 4.90 Å². The van der Waals surface area contributed by atoms with Gasteiger partial charge in [0.1, 0.15) is 0 Å². The highest BCUT2D eigenvalue weighted by Gasteiger charge is 2.20. The minimum atomic E-state index is 0.221. The van der Waals surface area contributed by atoms with Gasteiger partial charge in [-0.3, -0.25) is 9.48 Å². The lowest BCUT2D eigenvalue weighted by molar-refractivity contribution is -0.131. The van der Waals surface area contributed by atoms with Crippen LogP contribution in [0.5, 0.6) is 0 Å². The molecule has 3 rings (SSSR count). The van der Waals surface area contributed by atoms with E-state index in [0.29, 0.717) is 13.0 Å². The second-order valence-corrected chi connectivity index (χ2v) is 5.22. The molecule has 21 heavy (non-hydrogen) atoms. The molecule has 110 valence electrons. The van der Waals surface area contributed by atoms with Crippen LogP contribution in [0.1, 0.15) is 6.42 Å². The van der Waals surface area contributed by atoms with E-state index >= 15 is 0 Å². The van der Waals surface area contributed by atoms with Crippen LogP contribution in [0.3, 0.4) is 0 Å². The zero-order valence-corrected chi connectivity index (χ0v) is 12.1. The third-order valence-corrected chi connectivity index (χ3v) is 3.87. The van der Waals surface area contributed by atoms with Crippen molar-refractivity contribution in [2.24, 2.45) is 0 Å². The first-order chi connectivity index (χ1) is 10.3. The fourth-order valence-corrected chi connectivity index (χ4v) is 2.65. The van der Waals surface area contributed by atoms with Gasteiger partial charge in [0, 0.05) is 57.2 Å². The topological polar surface area (TPSA) is 41.4 Å². The van der Waals surface area contributed by atoms with Gasteiger partial charge in [-0.1, -0.05) is 18.2 Å². The highest BCUT2D eigenvalue weighted by molar-refractivity contribution is 5.76. The first kappa shape index (κ1) is 13.7. The normalized spacial score (nSPS) is 15.2. The van der Waals surface area contributed by atoms with Crippen LogP contribution >= 0.6 is 0 Å². The number of rotatable bonds is 4. The largest absolute Gasteiger partial charge is 0.368 e. The zero-order valence-electron chi connectivity index (χ0n) is 12.1. The lowest BCUT2D eigenvalue weighted by atomic mass is 10.2. The molecule has 0 aliphatic carbocycles. The monoisotopic (exact) mass is 284 g/mol. The van der Waals surface area contributed by atoms with Crippen molar-refractivity contribution >= 4 is 11.6 Å². The van der Waals surface area contributed by atoms with Crippen molar-refractivity contribution in [1.29, 1.82) is 0 Å². The van der Waals surface area contributed by atoms with Gasteiger partial charge < -0.3 is 9.80 Å². The van der Waals surface area contributed by atoms with Crippen molar-refractivity contribution in [3.8, 4) is 0 Å². The predicted octanol–water partition coefficient (Wildman–Crippen LogP) is 1.62. The molecule has 1 aromatic carbocycles. The first-order valence-electron chi connectivity index (χ1n) is 7.38. The van der Waals surface area contributed by atoms with Gasteiger partial charge in [0.05, 0.1) is 0 Å². The Morgan fingerprint density at radius 2 is 1.81 bits per heavy atom. The molecule has 1 aliphatic heterocycles. The Bertz CT molecular complexity index is 559. The van der Waals surface area contributed by atoms with E-state index in [-0.39, 0.29) is 5.91 Å². The quantitative estimate of drug-likeness (QED) is 0.857. The standard InChI is InChI=1S/C16H20N4O/c21-16(7-10-20-9-4-8-17-20)19-13-11-18(12-14-19)15-5-2-1-3-6-15/h1-6,8-9H,7,10-14H2. The molecule has 1 aliphatic rings. The lowest BCUT2D eigenvalue weighted by Gasteiger charge is -2.36. The zero-order chi connectivity index (χ0) is 14.5. The predicted molar refractivity (Wildman–Crippen MR) is 82.1 cm³/mol. The maximum Gasteiger partial charge on any atom is 0.224 e. The number of amides is 1. The fraction of sp³-hybridized carbons (Fsp3) is 0.375. The number of anilines is 1. The Morgan fingerprint density at radius 3 is 2.48 bits per heavy atom. The Hall–Kier alpha value is -2.30. The van der Waals surface area contributed by atoms with Gasteiger partial charge in [-0.2, -0.15) is 5.10 Å². The van der Waals surface area contributed by atoms with Crippen LogP contribution in [-0.4, -0.2) is 46.8 Å². The molecule has 0 atom stereocenters. The van der Waals surface area contributed by atoms with Crippen molar-refractivity contribution in [1.82, 2.24) is 14.7 Å². The average molecular weight is 284 g/mol. The number of hydrogen-bond donors (Lipinski definition) is 0. The number of hydrogen-bond acceptors (Lipinski definition) is 3. The first-order valence-corrected chi connectivity index (χ1v) is 7.38. The van der Waals surface area contributed by atoms with Crippen molar-refractivity contribution in [3.63, 3.8) is 0 Å². The molecular weight excluding hydrogens is 264 g/mol. The van der Waals surface area contributed by atoms with Crippen molar-refractivity contribution < 1.29 is 4.79 Å². The summed E-state index contributed by atoms with van der Waals surface area (Å²) in [5.41, 5.74) is 1.24. The van der Waals surface area contributed by atoms with Crippen LogP contribution in [-0.2, 0) is 11.3 Å². The summed E-state index contributed by atoms with van der Waals surface area (Å²) in [6.45, 7) is 4.06. The third kappa shape index (κ3) is 3.42. The van der Waals surface area contributed by atoms with E-state index in [2.05, 4.69) is 34.3 Å². The molecule has 2 aromatic rings. The lowest BCUT2D eigenvalue weighted by Crippen LogP contribution is -2.48. The van der Waals surface area contributed by atoms with E-state index in [9.17, 15) is 4.79 Å². The molecular formula is C16H20N4O. The summed E-state index contributed by atoms with van der Waals surface area (Å²) in [6.07, 6.45) is 4.15. The van der Waals surface area contributed by atoms with Crippen molar-refractivity contribution in [2.75, 3.05) is 31.1 Å². The van der Waals surface area contributed by atoms with E-state index in [0.717, 1.165) is 26.2 Å². The number of aromatic nitrogens is 2. The SMILES string of the molecule is O=C(CCn1cccn1)N1CCN(c2ccccc2)CC1. The van der Waals surface area contributed by atoms with Crippen LogP contribution in [0, 0.1) is 0 Å². The van der Waals surface area contributed by atoms with E-state index < -0.39 is 0 Å². The minimum Gasteiger partial charge on any atom is -0.368 e. The van der Waals surface area contributed by atoms with E-state index in [1.807, 2.05) is 23.2 Å². The molecule has 1 fully saturated rings. The summed E-state index contributed by atoms with van der Waals surface area (Å²) in [4.78, 5) is 16.5. The second-order valence-electron chi connectivity index (χ2n) is 5.22. The maximum absolute atomic E-state index is 12.2. The van der Waals surface area contributed by atoms with Gasteiger partial charge in [0.2, 0.25) is 5.91 Å². The number of carbonyl (C=O) groups is 1. The van der Waals surface area contributed by atoms with Crippen molar-refractivity contribution in [2.45, 2.75) is 13.0 Å². The van der Waals surface area contributed by atoms with Gasteiger partial charge >= 0.3 is 0 Å². The molecule has 2 heterocycles. The van der Waals surface area contributed by atoms with Crippen LogP contribution in [0.2, 0.25) is 0 Å². The summed E-state index contributed by atoms with van der Waals surface area (Å²) in [5, 5.41) is 4.12. The van der Waals surface area contributed by atoms with Gasteiger partial charge in [0.15, 0.2) is 0 Å². The van der Waals surface area contributed by atoms with E-state index in [1.165, 1.54) is 5.69 Å². The summed E-state index contributed by atoms with van der Waals surface area (Å²) in [6, 6.07) is 12.2. The summed E-state index contributed by atoms with van der Waals surface area (Å²) < 4.78 is 1.80. The molecule has 1 saturated heterocycles. The Morgan fingerprint density at radius 1 is 1.05 bits per heavy atom. The highest BCUT2D eigenvalue weighted by Crippen LogP contribution is 2.15. The molecule has 0 radical (unpaired) electrons.